The van der Waals surface area contributed by atoms with E-state index in [-0.39, 0.29) is 21.5 Å². The Morgan fingerprint density at radius 3 is 2.38 bits per heavy atom. The third-order valence-electron chi connectivity index (χ3n) is 3.61. The number of nitrogens with one attached hydrogen (secondary N) is 1. The van der Waals surface area contributed by atoms with Crippen molar-refractivity contribution in [1.82, 2.24) is 5.32 Å². The molecule has 2 aromatic carbocycles. The van der Waals surface area contributed by atoms with Crippen molar-refractivity contribution >= 4 is 44.8 Å². The first-order valence-corrected chi connectivity index (χ1v) is 10.2. The molecule has 0 saturated carbocycles. The molecule has 0 radical (unpaired) electrons. The maximum Gasteiger partial charge on any atom is 0.241 e. The summed E-state index contributed by atoms with van der Waals surface area (Å²) in [6.45, 7) is 1.24. The number of hydrogen-bond acceptors (Lipinski definition) is 3. The molecule has 0 aromatic heterocycles. The maximum absolute atomic E-state index is 13.0. The van der Waals surface area contributed by atoms with Crippen molar-refractivity contribution in [3.05, 3.63) is 63.9 Å². The summed E-state index contributed by atoms with van der Waals surface area (Å²) >= 11 is 12.0. The van der Waals surface area contributed by atoms with Gasteiger partial charge in [0.15, 0.2) is 0 Å². The molecule has 0 saturated heterocycles. The molecule has 9 heteroatoms. The molecule has 2 rings (SSSR count). The monoisotopic (exact) mass is 418 g/mol. The fourth-order valence-corrected chi connectivity index (χ4v) is 3.61. The Bertz CT molecular complexity index is 905. The number of halogens is 3. The van der Waals surface area contributed by atoms with Crippen LogP contribution < -0.4 is 9.62 Å². The van der Waals surface area contributed by atoms with Gasteiger partial charge in [0.25, 0.3) is 0 Å². The molecular formula is C17H17Cl2FN2O3S. The van der Waals surface area contributed by atoms with Gasteiger partial charge in [0.2, 0.25) is 15.9 Å². The lowest BCUT2D eigenvalue weighted by Crippen LogP contribution is -2.41. The van der Waals surface area contributed by atoms with Gasteiger partial charge in [0.1, 0.15) is 12.4 Å². The number of carbonyl (C=O) groups excluding carboxylic acids is 1. The highest BCUT2D eigenvalue weighted by molar-refractivity contribution is 7.92. The predicted octanol–water partition coefficient (Wildman–Crippen LogP) is 3.78. The predicted molar refractivity (Wildman–Crippen MR) is 102 cm³/mol. The highest BCUT2D eigenvalue weighted by Gasteiger charge is 2.24. The third kappa shape index (κ3) is 5.33. The zero-order valence-corrected chi connectivity index (χ0v) is 16.4. The number of amides is 1. The first kappa shape index (κ1) is 20.5. The largest absolute Gasteiger partial charge is 0.348 e. The Kier molecular flexibility index (Phi) is 6.49. The SMILES string of the molecule is C[C@H](NC(=O)CN(c1cc(Cl)ccc1Cl)S(C)(=O)=O)c1ccc(F)cc1. The van der Waals surface area contributed by atoms with Crippen LogP contribution in [0.25, 0.3) is 0 Å². The molecule has 140 valence electrons. The molecule has 0 fully saturated rings. The highest BCUT2D eigenvalue weighted by Crippen LogP contribution is 2.30. The maximum atomic E-state index is 13.0. The summed E-state index contributed by atoms with van der Waals surface area (Å²) in [6.07, 6.45) is 0.973. The lowest BCUT2D eigenvalue weighted by atomic mass is 10.1. The standard InChI is InChI=1S/C17H17Cl2FN2O3S/c1-11(12-3-6-14(20)7-4-12)21-17(23)10-22(26(2,24)25)16-9-13(18)5-8-15(16)19/h3-9,11H,10H2,1-2H3,(H,21,23)/t11-/m0/s1. The van der Waals surface area contributed by atoms with Gasteiger partial charge in [-0.15, -0.1) is 0 Å². The average Bonchev–Trinajstić information content (AvgIpc) is 2.54. The minimum atomic E-state index is -3.78. The molecule has 0 unspecified atom stereocenters. The van der Waals surface area contributed by atoms with Gasteiger partial charge in [-0.2, -0.15) is 0 Å². The second-order valence-corrected chi connectivity index (χ2v) is 8.46. The molecule has 0 aliphatic heterocycles. The van der Waals surface area contributed by atoms with Gasteiger partial charge in [0, 0.05) is 5.02 Å². The topological polar surface area (TPSA) is 66.5 Å². The molecule has 0 heterocycles. The zero-order chi connectivity index (χ0) is 19.5. The van der Waals surface area contributed by atoms with Crippen molar-refractivity contribution < 1.29 is 17.6 Å². The van der Waals surface area contributed by atoms with Gasteiger partial charge < -0.3 is 5.32 Å². The summed E-state index contributed by atoms with van der Waals surface area (Å²) in [6, 6.07) is 9.58. The number of anilines is 1. The van der Waals surface area contributed by atoms with Crippen LogP contribution in [0.5, 0.6) is 0 Å². The molecule has 0 aliphatic carbocycles. The van der Waals surface area contributed by atoms with Crippen molar-refractivity contribution in [2.45, 2.75) is 13.0 Å². The summed E-state index contributed by atoms with van der Waals surface area (Å²) in [5, 5.41) is 3.12. The quantitative estimate of drug-likeness (QED) is 0.775. The minimum absolute atomic E-state index is 0.117. The van der Waals surface area contributed by atoms with E-state index >= 15 is 0 Å². The van der Waals surface area contributed by atoms with Gasteiger partial charge in [0.05, 0.1) is 23.0 Å². The van der Waals surface area contributed by atoms with Crippen LogP contribution in [0.3, 0.4) is 0 Å². The number of benzene rings is 2. The van der Waals surface area contributed by atoms with Crippen LogP contribution in [0, 0.1) is 5.82 Å². The van der Waals surface area contributed by atoms with Gasteiger partial charge in [-0.1, -0.05) is 35.3 Å². The molecule has 26 heavy (non-hydrogen) atoms. The van der Waals surface area contributed by atoms with Gasteiger partial charge in [-0.25, -0.2) is 12.8 Å². The van der Waals surface area contributed by atoms with Crippen molar-refractivity contribution in [3.8, 4) is 0 Å². The summed E-state index contributed by atoms with van der Waals surface area (Å²) in [5.74, 6) is -0.922. The summed E-state index contributed by atoms with van der Waals surface area (Å²) in [7, 11) is -3.78. The van der Waals surface area contributed by atoms with E-state index in [1.165, 1.54) is 30.3 Å². The summed E-state index contributed by atoms with van der Waals surface area (Å²) in [4.78, 5) is 12.4. The lowest BCUT2D eigenvalue weighted by molar-refractivity contribution is -0.120. The van der Waals surface area contributed by atoms with E-state index in [1.807, 2.05) is 0 Å². The van der Waals surface area contributed by atoms with E-state index in [0.717, 1.165) is 10.6 Å². The molecule has 0 spiro atoms. The number of sulfonamides is 1. The fourth-order valence-electron chi connectivity index (χ4n) is 2.31. The number of hydrogen-bond donors (Lipinski definition) is 1. The van der Waals surface area contributed by atoms with Crippen LogP contribution in [0.1, 0.15) is 18.5 Å². The smallest absolute Gasteiger partial charge is 0.241 e. The van der Waals surface area contributed by atoms with Crippen LogP contribution in [-0.2, 0) is 14.8 Å². The molecule has 0 aliphatic rings. The Morgan fingerprint density at radius 1 is 1.19 bits per heavy atom. The van der Waals surface area contributed by atoms with Gasteiger partial charge in [-0.05, 0) is 42.8 Å². The summed E-state index contributed by atoms with van der Waals surface area (Å²) in [5.41, 5.74) is 0.803. The summed E-state index contributed by atoms with van der Waals surface area (Å²) < 4.78 is 38.1. The van der Waals surface area contributed by atoms with Crippen LogP contribution in [0.2, 0.25) is 10.0 Å². The second-order valence-electron chi connectivity index (χ2n) is 5.71. The molecule has 1 N–H and O–H groups in total. The van der Waals surface area contributed by atoms with E-state index < -0.39 is 28.5 Å². The normalized spacial score (nSPS) is 12.5. The van der Waals surface area contributed by atoms with Crippen molar-refractivity contribution in [3.63, 3.8) is 0 Å². The molecule has 1 atom stereocenters. The van der Waals surface area contributed by atoms with E-state index in [4.69, 9.17) is 23.2 Å². The molecular weight excluding hydrogens is 402 g/mol. The molecule has 0 bridgehead atoms. The van der Waals surface area contributed by atoms with Crippen LogP contribution in [-0.4, -0.2) is 27.1 Å². The number of carbonyl (C=O) groups is 1. The Morgan fingerprint density at radius 2 is 1.81 bits per heavy atom. The van der Waals surface area contributed by atoms with Crippen LogP contribution in [0.15, 0.2) is 42.5 Å². The molecule has 5 nitrogen and oxygen atoms in total. The first-order valence-electron chi connectivity index (χ1n) is 7.55. The Hall–Kier alpha value is -1.83. The number of rotatable bonds is 6. The van der Waals surface area contributed by atoms with Crippen molar-refractivity contribution in [2.24, 2.45) is 0 Å². The van der Waals surface area contributed by atoms with Gasteiger partial charge in [-0.3, -0.25) is 9.10 Å². The van der Waals surface area contributed by atoms with E-state index in [1.54, 1.807) is 19.1 Å². The highest BCUT2D eigenvalue weighted by atomic mass is 35.5. The van der Waals surface area contributed by atoms with Crippen LogP contribution >= 0.6 is 23.2 Å². The Balaban J connectivity index is 2.19. The minimum Gasteiger partial charge on any atom is -0.348 e. The molecule has 2 aromatic rings. The van der Waals surface area contributed by atoms with E-state index in [9.17, 15) is 17.6 Å². The first-order chi connectivity index (χ1) is 12.1. The fraction of sp³-hybridized carbons (Fsp3) is 0.235. The zero-order valence-electron chi connectivity index (χ0n) is 14.0. The molecule has 1 amide bonds. The van der Waals surface area contributed by atoms with Crippen molar-refractivity contribution in [1.29, 1.82) is 0 Å². The number of nitrogens with zero attached hydrogens (tertiary/aromatic N) is 1. The second kappa shape index (κ2) is 8.24. The average molecular weight is 419 g/mol. The van der Waals surface area contributed by atoms with E-state index in [0.29, 0.717) is 5.56 Å². The third-order valence-corrected chi connectivity index (χ3v) is 5.29. The Labute approximate surface area is 161 Å². The van der Waals surface area contributed by atoms with Crippen molar-refractivity contribution in [2.75, 3.05) is 17.1 Å². The van der Waals surface area contributed by atoms with Crippen LogP contribution in [0.4, 0.5) is 10.1 Å². The van der Waals surface area contributed by atoms with E-state index in [2.05, 4.69) is 5.32 Å². The van der Waals surface area contributed by atoms with Gasteiger partial charge >= 0.3 is 0 Å². The lowest BCUT2D eigenvalue weighted by Gasteiger charge is -2.24.